The summed E-state index contributed by atoms with van der Waals surface area (Å²) >= 11 is 0. The van der Waals surface area contributed by atoms with Gasteiger partial charge in [0, 0.05) is 30.2 Å². The van der Waals surface area contributed by atoms with Crippen LogP contribution in [-0.2, 0) is 0 Å². The molecule has 1 saturated heterocycles. The second kappa shape index (κ2) is 7.38. The molecule has 1 fully saturated rings. The maximum atomic E-state index is 15.0. The molecule has 1 aromatic carbocycles. The number of primary amides is 1. The Morgan fingerprint density at radius 2 is 2.27 bits per heavy atom. The van der Waals surface area contributed by atoms with E-state index >= 15 is 4.39 Å². The van der Waals surface area contributed by atoms with Crippen LogP contribution < -0.4 is 16.0 Å². The smallest absolute Gasteiger partial charge is 0.250 e. The van der Waals surface area contributed by atoms with Crippen molar-refractivity contribution in [3.63, 3.8) is 0 Å². The fraction of sp³-hybridized carbons (Fsp3) is 0.450. The number of nitrogens with one attached hydrogen (secondary N) is 2. The maximum absolute atomic E-state index is 15.0. The number of hydrogen-bond acceptors (Lipinski definition) is 3. The van der Waals surface area contributed by atoms with Gasteiger partial charge in [-0.3, -0.25) is 4.79 Å². The van der Waals surface area contributed by atoms with Crippen LogP contribution >= 0.6 is 0 Å². The highest BCUT2D eigenvalue weighted by molar-refractivity contribution is 6.10. The van der Waals surface area contributed by atoms with Crippen LogP contribution in [0.1, 0.15) is 41.4 Å². The van der Waals surface area contributed by atoms with Gasteiger partial charge in [0.15, 0.2) is 0 Å². The molecule has 2 heterocycles. The van der Waals surface area contributed by atoms with Crippen LogP contribution in [0.15, 0.2) is 6.07 Å². The maximum Gasteiger partial charge on any atom is 0.250 e. The molecular formula is C20H25FN4O. The predicted octanol–water partition coefficient (Wildman–Crippen LogP) is 2.60. The summed E-state index contributed by atoms with van der Waals surface area (Å²) in [7, 11) is 0. The number of carbonyl (C=O) groups is 1. The number of nitrogens with two attached hydrogens (primary N) is 1. The van der Waals surface area contributed by atoms with Crippen molar-refractivity contribution in [2.75, 3.05) is 24.5 Å². The molecule has 0 bridgehead atoms. The number of anilines is 1. The van der Waals surface area contributed by atoms with Crippen LogP contribution in [0.25, 0.3) is 10.9 Å². The average molecular weight is 356 g/mol. The van der Waals surface area contributed by atoms with E-state index in [0.29, 0.717) is 24.3 Å². The average Bonchev–Trinajstić information content (AvgIpc) is 2.90. The third-order valence-electron chi connectivity index (χ3n) is 5.16. The van der Waals surface area contributed by atoms with Gasteiger partial charge in [0.25, 0.3) is 5.91 Å². The Hall–Kier alpha value is -2.52. The molecule has 0 radical (unpaired) electrons. The molecule has 5 nitrogen and oxygen atoms in total. The Bertz CT molecular complexity index is 906. The van der Waals surface area contributed by atoms with Crippen molar-refractivity contribution in [1.29, 1.82) is 0 Å². The summed E-state index contributed by atoms with van der Waals surface area (Å²) in [4.78, 5) is 17.1. The Kier molecular flexibility index (Phi) is 5.19. The molecule has 4 N–H and O–H groups in total. The monoisotopic (exact) mass is 356 g/mol. The number of halogens is 1. The van der Waals surface area contributed by atoms with Gasteiger partial charge in [-0.05, 0) is 45.2 Å². The second-order valence-electron chi connectivity index (χ2n) is 6.84. The highest BCUT2D eigenvalue weighted by Gasteiger charge is 2.27. The first-order valence-electron chi connectivity index (χ1n) is 8.93. The van der Waals surface area contributed by atoms with E-state index in [-0.39, 0.29) is 11.6 Å². The largest absolute Gasteiger partial charge is 0.367 e. The minimum atomic E-state index is -0.627. The van der Waals surface area contributed by atoms with Crippen molar-refractivity contribution in [3.05, 3.63) is 28.7 Å². The molecule has 0 spiro atoms. The fourth-order valence-corrected chi connectivity index (χ4v) is 3.74. The molecule has 3 rings (SSSR count). The van der Waals surface area contributed by atoms with E-state index in [4.69, 9.17) is 5.73 Å². The van der Waals surface area contributed by atoms with Crippen LogP contribution in [0.5, 0.6) is 0 Å². The summed E-state index contributed by atoms with van der Waals surface area (Å²) in [5.74, 6) is 4.86. The van der Waals surface area contributed by atoms with Gasteiger partial charge in [0.1, 0.15) is 5.82 Å². The second-order valence-corrected chi connectivity index (χ2v) is 6.84. The number of benzene rings is 1. The Balaban J connectivity index is 2.04. The molecule has 1 amide bonds. The summed E-state index contributed by atoms with van der Waals surface area (Å²) in [6.45, 7) is 7.80. The van der Waals surface area contributed by atoms with Crippen molar-refractivity contribution in [2.45, 2.75) is 39.7 Å². The number of rotatable bonds is 4. The van der Waals surface area contributed by atoms with Gasteiger partial charge in [0.05, 0.1) is 23.3 Å². The Labute approximate surface area is 153 Å². The molecule has 0 aliphatic carbocycles. The number of fused-ring (bicyclic) bond motifs is 1. The van der Waals surface area contributed by atoms with Crippen molar-refractivity contribution in [1.82, 2.24) is 10.3 Å². The minimum absolute atomic E-state index is 0.197. The third kappa shape index (κ3) is 3.27. The highest BCUT2D eigenvalue weighted by Crippen LogP contribution is 2.37. The molecular weight excluding hydrogens is 331 g/mol. The Morgan fingerprint density at radius 1 is 1.50 bits per heavy atom. The molecule has 138 valence electrons. The van der Waals surface area contributed by atoms with Crippen LogP contribution in [0.2, 0.25) is 0 Å². The van der Waals surface area contributed by atoms with Crippen molar-refractivity contribution < 1.29 is 9.18 Å². The number of aromatic nitrogens is 1. The van der Waals surface area contributed by atoms with E-state index in [2.05, 4.69) is 27.0 Å². The third-order valence-corrected chi connectivity index (χ3v) is 5.16. The van der Waals surface area contributed by atoms with E-state index < -0.39 is 11.7 Å². The zero-order valence-electron chi connectivity index (χ0n) is 15.5. The zero-order valence-corrected chi connectivity index (χ0v) is 15.5. The standard InChI is InChI=1S/C20H25FN4O/c1-4-5-8-23-14-7-6-9-25(11-14)19-16(21)10-15(20(22)26)18-17(19)12(2)13(3)24-18/h10,14,23-24H,6-9,11H2,1-3H3,(H2,22,26)/t14-/m0/s1. The van der Waals surface area contributed by atoms with Gasteiger partial charge in [-0.1, -0.05) is 5.92 Å². The van der Waals surface area contributed by atoms with Crippen molar-refractivity contribution in [3.8, 4) is 11.8 Å². The van der Waals surface area contributed by atoms with Crippen LogP contribution in [-0.4, -0.2) is 36.6 Å². The van der Waals surface area contributed by atoms with Crippen LogP contribution in [0, 0.1) is 31.5 Å². The number of carbonyl (C=O) groups excluding carboxylic acids is 1. The molecule has 2 aromatic rings. The van der Waals surface area contributed by atoms with Gasteiger partial charge < -0.3 is 20.9 Å². The van der Waals surface area contributed by atoms with E-state index in [1.165, 1.54) is 6.07 Å². The van der Waals surface area contributed by atoms with Gasteiger partial charge in [-0.15, -0.1) is 5.92 Å². The molecule has 1 aliphatic rings. The quantitative estimate of drug-likeness (QED) is 0.737. The zero-order chi connectivity index (χ0) is 18.8. The van der Waals surface area contributed by atoms with E-state index in [0.717, 1.165) is 36.0 Å². The topological polar surface area (TPSA) is 74.2 Å². The lowest BCUT2D eigenvalue weighted by Crippen LogP contribution is -2.46. The summed E-state index contributed by atoms with van der Waals surface area (Å²) in [6, 6.07) is 1.52. The minimum Gasteiger partial charge on any atom is -0.367 e. The lowest BCUT2D eigenvalue weighted by Gasteiger charge is -2.35. The molecule has 0 saturated carbocycles. The number of nitrogens with zero attached hydrogens (tertiary/aromatic N) is 1. The van der Waals surface area contributed by atoms with E-state index in [1.807, 2.05) is 20.8 Å². The predicted molar refractivity (Wildman–Crippen MR) is 103 cm³/mol. The first-order chi connectivity index (χ1) is 12.4. The van der Waals surface area contributed by atoms with Gasteiger partial charge in [0.2, 0.25) is 0 Å². The van der Waals surface area contributed by atoms with Gasteiger partial charge in [-0.2, -0.15) is 0 Å². The number of hydrogen-bond donors (Lipinski definition) is 3. The number of amides is 1. The fourth-order valence-electron chi connectivity index (χ4n) is 3.74. The highest BCUT2D eigenvalue weighted by atomic mass is 19.1. The van der Waals surface area contributed by atoms with Crippen molar-refractivity contribution >= 4 is 22.5 Å². The number of piperidine rings is 1. The van der Waals surface area contributed by atoms with Gasteiger partial charge >= 0.3 is 0 Å². The first-order valence-corrected chi connectivity index (χ1v) is 8.93. The normalized spacial score (nSPS) is 17.2. The van der Waals surface area contributed by atoms with Crippen molar-refractivity contribution in [2.24, 2.45) is 5.73 Å². The lowest BCUT2D eigenvalue weighted by atomic mass is 10.0. The van der Waals surface area contributed by atoms with E-state index in [9.17, 15) is 4.79 Å². The Morgan fingerprint density at radius 3 is 2.96 bits per heavy atom. The molecule has 26 heavy (non-hydrogen) atoms. The summed E-state index contributed by atoms with van der Waals surface area (Å²) < 4.78 is 15.0. The number of aromatic amines is 1. The molecule has 1 aliphatic heterocycles. The van der Waals surface area contributed by atoms with E-state index in [1.54, 1.807) is 0 Å². The molecule has 1 aromatic heterocycles. The van der Waals surface area contributed by atoms with Crippen LogP contribution in [0.3, 0.4) is 0 Å². The first kappa shape index (κ1) is 18.3. The summed E-state index contributed by atoms with van der Waals surface area (Å²) in [5, 5.41) is 4.17. The summed E-state index contributed by atoms with van der Waals surface area (Å²) in [5.41, 5.74) is 8.70. The molecule has 1 atom stereocenters. The molecule has 6 heteroatoms. The van der Waals surface area contributed by atoms with Crippen LogP contribution in [0.4, 0.5) is 10.1 Å². The lowest BCUT2D eigenvalue weighted by molar-refractivity contribution is 0.100. The molecule has 0 unspecified atom stereocenters. The SMILES string of the molecule is CC#CCN[C@H]1CCCN(c2c(F)cc(C(N)=O)c3[nH]c(C)c(C)c23)C1. The van der Waals surface area contributed by atoms with Gasteiger partial charge in [-0.25, -0.2) is 4.39 Å². The summed E-state index contributed by atoms with van der Waals surface area (Å²) in [6.07, 6.45) is 2.01. The number of aryl methyl sites for hydroxylation is 2. The number of H-pyrrole nitrogens is 1.